The van der Waals surface area contributed by atoms with Crippen LogP contribution in [0.15, 0.2) is 65.1 Å². The summed E-state index contributed by atoms with van der Waals surface area (Å²) in [7, 11) is 0. The van der Waals surface area contributed by atoms with Crippen LogP contribution in [-0.4, -0.2) is 16.2 Å². The molecule has 0 amide bonds. The van der Waals surface area contributed by atoms with Crippen LogP contribution in [0.3, 0.4) is 0 Å². The van der Waals surface area contributed by atoms with Crippen LogP contribution < -0.4 is 0 Å². The molecule has 4 aromatic rings. The predicted octanol–water partition coefficient (Wildman–Crippen LogP) is 4.87. The second-order valence-electron chi connectivity index (χ2n) is 5.51. The molecule has 4 rings (SSSR count). The molecule has 0 unspecified atom stereocenters. The number of carbonyl (C=O) groups is 1. The van der Waals surface area contributed by atoms with E-state index < -0.39 is 12.1 Å². The van der Waals surface area contributed by atoms with Crippen LogP contribution in [0.2, 0.25) is 0 Å². The third-order valence-corrected chi connectivity index (χ3v) is 4.82. The number of fused-ring (bicyclic) bond motifs is 1. The number of aromatic nitrogens is 2. The maximum absolute atomic E-state index is 12.4. The number of hydrogen-bond donors (Lipinski definition) is 0. The summed E-state index contributed by atoms with van der Waals surface area (Å²) in [5, 5.41) is 9.03. The molecule has 0 spiro atoms. The van der Waals surface area contributed by atoms with Gasteiger partial charge in [-0.25, -0.2) is 4.79 Å². The zero-order chi connectivity index (χ0) is 17.2. The first kappa shape index (κ1) is 15.5. The van der Waals surface area contributed by atoms with E-state index in [1.807, 2.05) is 60.7 Å². The molecule has 0 fully saturated rings. The zero-order valence-electron chi connectivity index (χ0n) is 13.4. The number of esters is 1. The smallest absolute Gasteiger partial charge is 0.349 e. The van der Waals surface area contributed by atoms with Crippen molar-refractivity contribution in [3.63, 3.8) is 0 Å². The number of carbonyl (C=O) groups excluding carboxylic acids is 1. The highest BCUT2D eigenvalue weighted by Crippen LogP contribution is 2.28. The van der Waals surface area contributed by atoms with Crippen LogP contribution in [0.25, 0.3) is 21.5 Å². The Morgan fingerprint density at radius 3 is 2.64 bits per heavy atom. The third-order valence-electron chi connectivity index (χ3n) is 3.72. The largest absolute Gasteiger partial charge is 0.448 e. The van der Waals surface area contributed by atoms with Crippen LogP contribution in [-0.2, 0) is 4.74 Å². The minimum atomic E-state index is -0.623. The molecule has 1 atom stereocenters. The van der Waals surface area contributed by atoms with Crippen molar-refractivity contribution in [1.29, 1.82) is 0 Å². The van der Waals surface area contributed by atoms with Gasteiger partial charge in [-0.2, -0.15) is 0 Å². The number of rotatable bonds is 4. The molecule has 0 saturated carbocycles. The van der Waals surface area contributed by atoms with Gasteiger partial charge in [0.05, 0.1) is 0 Å². The molecule has 0 radical (unpaired) electrons. The summed E-state index contributed by atoms with van der Waals surface area (Å²) in [4.78, 5) is 12.9. The highest BCUT2D eigenvalue weighted by molar-refractivity contribution is 7.20. The molecule has 2 heterocycles. The second-order valence-corrected chi connectivity index (χ2v) is 6.59. The lowest BCUT2D eigenvalue weighted by molar-refractivity contribution is 0.0286. The Kier molecular flexibility index (Phi) is 4.03. The van der Waals surface area contributed by atoms with E-state index in [0.717, 1.165) is 15.6 Å². The van der Waals surface area contributed by atoms with E-state index in [2.05, 4.69) is 10.2 Å². The van der Waals surface area contributed by atoms with Gasteiger partial charge in [0.2, 0.25) is 5.89 Å². The van der Waals surface area contributed by atoms with Crippen molar-refractivity contribution >= 4 is 27.4 Å². The second kappa shape index (κ2) is 6.49. The summed E-state index contributed by atoms with van der Waals surface area (Å²) in [6, 6.07) is 19.1. The van der Waals surface area contributed by atoms with Crippen molar-refractivity contribution in [3.8, 4) is 11.5 Å². The number of hydrogen-bond acceptors (Lipinski definition) is 6. The molecular formula is C19H14N2O3S. The minimum absolute atomic E-state index is 0.272. The third kappa shape index (κ3) is 3.16. The van der Waals surface area contributed by atoms with Crippen molar-refractivity contribution in [2.24, 2.45) is 0 Å². The van der Waals surface area contributed by atoms with E-state index in [-0.39, 0.29) is 5.89 Å². The summed E-state index contributed by atoms with van der Waals surface area (Å²) in [6.07, 6.45) is -0.623. The molecule has 25 heavy (non-hydrogen) atoms. The average Bonchev–Trinajstić information content (AvgIpc) is 3.29. The minimum Gasteiger partial charge on any atom is -0.448 e. The van der Waals surface area contributed by atoms with Crippen molar-refractivity contribution in [2.45, 2.75) is 13.0 Å². The topological polar surface area (TPSA) is 65.2 Å². The maximum Gasteiger partial charge on any atom is 0.349 e. The molecule has 0 N–H and O–H groups in total. The lowest BCUT2D eigenvalue weighted by atomic mass is 10.2. The van der Waals surface area contributed by atoms with E-state index in [9.17, 15) is 4.79 Å². The van der Waals surface area contributed by atoms with Gasteiger partial charge in [0, 0.05) is 10.3 Å². The standard InChI is InChI=1S/C19H14N2O3S/c1-12(17-20-21-18(24-17)13-7-3-2-4-8-13)23-19(22)16-11-14-9-5-6-10-15(14)25-16/h2-12H,1H3/t12-/m1/s1. The van der Waals surface area contributed by atoms with Gasteiger partial charge in [-0.3, -0.25) is 0 Å². The normalized spacial score (nSPS) is 12.2. The number of benzene rings is 2. The molecular weight excluding hydrogens is 336 g/mol. The van der Waals surface area contributed by atoms with E-state index >= 15 is 0 Å². The summed E-state index contributed by atoms with van der Waals surface area (Å²) in [6.45, 7) is 1.72. The van der Waals surface area contributed by atoms with Gasteiger partial charge in [-0.05, 0) is 36.6 Å². The lowest BCUT2D eigenvalue weighted by Crippen LogP contribution is -2.08. The van der Waals surface area contributed by atoms with E-state index in [1.165, 1.54) is 11.3 Å². The quantitative estimate of drug-likeness (QED) is 0.491. The maximum atomic E-state index is 12.4. The van der Waals surface area contributed by atoms with Crippen LogP contribution in [0.5, 0.6) is 0 Å². The highest BCUT2D eigenvalue weighted by atomic mass is 32.1. The molecule has 0 aliphatic carbocycles. The molecule has 2 aromatic carbocycles. The molecule has 0 saturated heterocycles. The van der Waals surface area contributed by atoms with E-state index in [4.69, 9.17) is 9.15 Å². The van der Waals surface area contributed by atoms with E-state index in [0.29, 0.717) is 10.8 Å². The summed E-state index contributed by atoms with van der Waals surface area (Å²) in [5.74, 6) is 0.279. The Labute approximate surface area is 147 Å². The number of thiophene rings is 1. The van der Waals surface area contributed by atoms with E-state index in [1.54, 1.807) is 6.92 Å². The first-order chi connectivity index (χ1) is 12.2. The SMILES string of the molecule is C[C@@H](OC(=O)c1cc2ccccc2s1)c1nnc(-c2ccccc2)o1. The fourth-order valence-corrected chi connectivity index (χ4v) is 3.39. The van der Waals surface area contributed by atoms with Crippen LogP contribution >= 0.6 is 11.3 Å². The van der Waals surface area contributed by atoms with Crippen molar-refractivity contribution in [2.75, 3.05) is 0 Å². The van der Waals surface area contributed by atoms with Gasteiger partial charge in [0.25, 0.3) is 5.89 Å². The predicted molar refractivity (Wildman–Crippen MR) is 95.4 cm³/mol. The average molecular weight is 350 g/mol. The number of nitrogens with zero attached hydrogens (tertiary/aromatic N) is 2. The van der Waals surface area contributed by atoms with Crippen molar-refractivity contribution in [3.05, 3.63) is 71.4 Å². The number of ether oxygens (including phenoxy) is 1. The first-order valence-electron chi connectivity index (χ1n) is 7.79. The Hall–Kier alpha value is -2.99. The van der Waals surface area contributed by atoms with Gasteiger partial charge in [0.15, 0.2) is 6.10 Å². The van der Waals surface area contributed by atoms with Crippen LogP contribution in [0.1, 0.15) is 28.6 Å². The van der Waals surface area contributed by atoms with Gasteiger partial charge in [-0.1, -0.05) is 36.4 Å². The molecule has 6 heteroatoms. The Morgan fingerprint density at radius 1 is 1.08 bits per heavy atom. The van der Waals surface area contributed by atoms with Crippen molar-refractivity contribution < 1.29 is 13.9 Å². The Morgan fingerprint density at radius 2 is 1.84 bits per heavy atom. The zero-order valence-corrected chi connectivity index (χ0v) is 14.2. The van der Waals surface area contributed by atoms with Gasteiger partial charge in [0.1, 0.15) is 4.88 Å². The van der Waals surface area contributed by atoms with Gasteiger partial charge < -0.3 is 9.15 Å². The summed E-state index contributed by atoms with van der Waals surface area (Å²) in [5.41, 5.74) is 0.823. The molecule has 5 nitrogen and oxygen atoms in total. The highest BCUT2D eigenvalue weighted by Gasteiger charge is 2.21. The fourth-order valence-electron chi connectivity index (χ4n) is 2.45. The Balaban J connectivity index is 1.50. The van der Waals surface area contributed by atoms with Crippen LogP contribution in [0, 0.1) is 0 Å². The Bertz CT molecular complexity index is 990. The molecule has 2 aromatic heterocycles. The molecule has 0 bridgehead atoms. The molecule has 124 valence electrons. The summed E-state index contributed by atoms with van der Waals surface area (Å²) >= 11 is 1.40. The van der Waals surface area contributed by atoms with Gasteiger partial charge >= 0.3 is 5.97 Å². The first-order valence-corrected chi connectivity index (χ1v) is 8.61. The monoisotopic (exact) mass is 350 g/mol. The molecule has 0 aliphatic heterocycles. The lowest BCUT2D eigenvalue weighted by Gasteiger charge is -2.07. The van der Waals surface area contributed by atoms with Crippen molar-refractivity contribution in [1.82, 2.24) is 10.2 Å². The van der Waals surface area contributed by atoms with Gasteiger partial charge in [-0.15, -0.1) is 21.5 Å². The molecule has 0 aliphatic rings. The van der Waals surface area contributed by atoms with Crippen LogP contribution in [0.4, 0.5) is 0 Å². The summed E-state index contributed by atoms with van der Waals surface area (Å²) < 4.78 is 12.2. The fraction of sp³-hybridized carbons (Fsp3) is 0.105.